The molecule has 0 aliphatic heterocycles. The van der Waals surface area contributed by atoms with Gasteiger partial charge in [-0.3, -0.25) is 4.21 Å². The molecular weight excluding hydrogens is 172 g/mol. The van der Waals surface area contributed by atoms with Crippen LogP contribution in [0.4, 0.5) is 0 Å². The molecule has 0 spiro atoms. The Bertz CT molecular complexity index is 223. The minimum Gasteiger partial charge on any atom is -0.303 e. The maximum atomic E-state index is 10.8. The highest BCUT2D eigenvalue weighted by molar-refractivity contribution is 7.84. The molecule has 0 heterocycles. The van der Waals surface area contributed by atoms with Crippen molar-refractivity contribution in [2.75, 3.05) is 12.0 Å². The van der Waals surface area contributed by atoms with Crippen LogP contribution in [-0.2, 0) is 15.6 Å². The standard InChI is InChI=1S/C9H16O2S/c1-8(2)6-9(8,7-10)4-5-12(3)11/h7H,4-6H2,1-3H3. The molecule has 1 rings (SSSR count). The van der Waals surface area contributed by atoms with Crippen molar-refractivity contribution < 1.29 is 9.00 Å². The highest BCUT2D eigenvalue weighted by Gasteiger charge is 2.60. The van der Waals surface area contributed by atoms with E-state index in [4.69, 9.17) is 0 Å². The molecule has 1 aliphatic carbocycles. The molecule has 70 valence electrons. The van der Waals surface area contributed by atoms with Crippen LogP contribution in [0.25, 0.3) is 0 Å². The highest BCUT2D eigenvalue weighted by atomic mass is 32.2. The summed E-state index contributed by atoms with van der Waals surface area (Å²) in [6.07, 6.45) is 4.49. The molecule has 0 N–H and O–H groups in total. The summed E-state index contributed by atoms with van der Waals surface area (Å²) in [6, 6.07) is 0. The van der Waals surface area contributed by atoms with E-state index in [9.17, 15) is 9.00 Å². The predicted octanol–water partition coefficient (Wildman–Crippen LogP) is 1.37. The number of hydrogen-bond donors (Lipinski definition) is 0. The van der Waals surface area contributed by atoms with Gasteiger partial charge >= 0.3 is 0 Å². The van der Waals surface area contributed by atoms with Crippen LogP contribution in [0, 0.1) is 10.8 Å². The topological polar surface area (TPSA) is 34.1 Å². The Balaban J connectivity index is 2.50. The van der Waals surface area contributed by atoms with Crippen LogP contribution in [-0.4, -0.2) is 22.5 Å². The summed E-state index contributed by atoms with van der Waals surface area (Å²) < 4.78 is 10.8. The fraction of sp³-hybridized carbons (Fsp3) is 0.889. The van der Waals surface area contributed by atoms with Crippen molar-refractivity contribution in [3.8, 4) is 0 Å². The maximum absolute atomic E-state index is 10.8. The van der Waals surface area contributed by atoms with Crippen molar-refractivity contribution >= 4 is 17.1 Å². The Labute approximate surface area is 76.2 Å². The second-order valence-corrected chi connectivity index (χ2v) is 5.92. The molecule has 0 bridgehead atoms. The van der Waals surface area contributed by atoms with Gasteiger partial charge in [0.2, 0.25) is 0 Å². The molecule has 0 aromatic heterocycles. The van der Waals surface area contributed by atoms with Gasteiger partial charge in [-0.2, -0.15) is 0 Å². The zero-order valence-electron chi connectivity index (χ0n) is 7.92. The molecule has 2 atom stereocenters. The Morgan fingerprint density at radius 2 is 2.00 bits per heavy atom. The number of aldehydes is 1. The van der Waals surface area contributed by atoms with Crippen molar-refractivity contribution in [1.29, 1.82) is 0 Å². The van der Waals surface area contributed by atoms with Crippen LogP contribution >= 0.6 is 0 Å². The second kappa shape index (κ2) is 2.95. The minimum absolute atomic E-state index is 0.147. The van der Waals surface area contributed by atoms with Crippen LogP contribution in [0.3, 0.4) is 0 Å². The molecule has 0 aromatic carbocycles. The summed E-state index contributed by atoms with van der Waals surface area (Å²) in [7, 11) is -0.766. The second-order valence-electron chi connectivity index (χ2n) is 4.36. The quantitative estimate of drug-likeness (QED) is 0.624. The van der Waals surface area contributed by atoms with Crippen LogP contribution in [0.2, 0.25) is 0 Å². The van der Waals surface area contributed by atoms with Gasteiger partial charge in [-0.15, -0.1) is 0 Å². The van der Waals surface area contributed by atoms with Crippen LogP contribution in [0.1, 0.15) is 26.7 Å². The Hall–Kier alpha value is -0.180. The first-order valence-electron chi connectivity index (χ1n) is 4.20. The average Bonchev–Trinajstić information content (AvgIpc) is 2.51. The number of carbonyl (C=O) groups excluding carboxylic acids is 1. The van der Waals surface area contributed by atoms with Crippen LogP contribution < -0.4 is 0 Å². The van der Waals surface area contributed by atoms with Gasteiger partial charge in [-0.25, -0.2) is 0 Å². The van der Waals surface area contributed by atoms with Crippen LogP contribution in [0.5, 0.6) is 0 Å². The highest BCUT2D eigenvalue weighted by Crippen LogP contribution is 2.64. The molecular formula is C9H16O2S. The zero-order chi connectivity index (χ0) is 9.41. The van der Waals surface area contributed by atoms with E-state index in [2.05, 4.69) is 13.8 Å². The molecule has 0 saturated heterocycles. The van der Waals surface area contributed by atoms with Gasteiger partial charge in [0.25, 0.3) is 0 Å². The van der Waals surface area contributed by atoms with Crippen molar-refractivity contribution in [2.45, 2.75) is 26.7 Å². The van der Waals surface area contributed by atoms with E-state index in [1.165, 1.54) is 0 Å². The fourth-order valence-electron chi connectivity index (χ4n) is 1.76. The monoisotopic (exact) mass is 188 g/mol. The Kier molecular flexibility index (Phi) is 2.43. The summed E-state index contributed by atoms with van der Waals surface area (Å²) in [5.41, 5.74) is -0.00715. The van der Waals surface area contributed by atoms with Crippen molar-refractivity contribution in [1.82, 2.24) is 0 Å². The zero-order valence-corrected chi connectivity index (χ0v) is 8.74. The van der Waals surface area contributed by atoms with Gasteiger partial charge in [-0.05, 0) is 18.3 Å². The van der Waals surface area contributed by atoms with Crippen molar-refractivity contribution in [2.24, 2.45) is 10.8 Å². The maximum Gasteiger partial charge on any atom is 0.126 e. The summed E-state index contributed by atoms with van der Waals surface area (Å²) in [5.74, 6) is 0.655. The van der Waals surface area contributed by atoms with E-state index < -0.39 is 10.8 Å². The van der Waals surface area contributed by atoms with Crippen LogP contribution in [0.15, 0.2) is 0 Å². The van der Waals surface area contributed by atoms with E-state index in [-0.39, 0.29) is 10.8 Å². The summed E-state index contributed by atoms with van der Waals surface area (Å²) in [6.45, 7) is 4.19. The molecule has 12 heavy (non-hydrogen) atoms. The average molecular weight is 188 g/mol. The lowest BCUT2D eigenvalue weighted by atomic mass is 9.95. The normalized spacial score (nSPS) is 34.2. The van der Waals surface area contributed by atoms with E-state index in [0.717, 1.165) is 19.1 Å². The molecule has 2 unspecified atom stereocenters. The SMILES string of the molecule is CS(=O)CCC1(C=O)CC1(C)C. The number of hydrogen-bond acceptors (Lipinski definition) is 2. The van der Waals surface area contributed by atoms with E-state index in [0.29, 0.717) is 5.75 Å². The van der Waals surface area contributed by atoms with E-state index in [1.807, 2.05) is 0 Å². The molecule has 3 heteroatoms. The molecule has 1 fully saturated rings. The smallest absolute Gasteiger partial charge is 0.126 e. The van der Waals surface area contributed by atoms with Gasteiger partial charge in [0.15, 0.2) is 0 Å². The van der Waals surface area contributed by atoms with E-state index in [1.54, 1.807) is 6.26 Å². The fourth-order valence-corrected chi connectivity index (χ4v) is 2.41. The Morgan fingerprint density at radius 1 is 1.50 bits per heavy atom. The first-order valence-corrected chi connectivity index (χ1v) is 5.93. The summed E-state index contributed by atoms with van der Waals surface area (Å²) in [4.78, 5) is 10.8. The summed E-state index contributed by atoms with van der Waals surface area (Å²) in [5, 5.41) is 0. The van der Waals surface area contributed by atoms with Gasteiger partial charge in [-0.1, -0.05) is 13.8 Å². The van der Waals surface area contributed by atoms with Gasteiger partial charge in [0, 0.05) is 28.2 Å². The van der Waals surface area contributed by atoms with Gasteiger partial charge in [0.05, 0.1) is 0 Å². The third-order valence-corrected chi connectivity index (χ3v) is 3.82. The molecule has 1 saturated carbocycles. The molecule has 2 nitrogen and oxygen atoms in total. The molecule has 0 aromatic rings. The Morgan fingerprint density at radius 3 is 2.25 bits per heavy atom. The molecule has 1 aliphatic rings. The third kappa shape index (κ3) is 1.60. The largest absolute Gasteiger partial charge is 0.303 e. The summed E-state index contributed by atoms with van der Waals surface area (Å²) >= 11 is 0. The predicted molar refractivity (Wildman–Crippen MR) is 50.4 cm³/mol. The lowest BCUT2D eigenvalue weighted by Crippen LogP contribution is -2.14. The minimum atomic E-state index is -0.766. The molecule has 0 radical (unpaired) electrons. The lowest BCUT2D eigenvalue weighted by Gasteiger charge is -2.11. The van der Waals surface area contributed by atoms with Gasteiger partial charge in [0.1, 0.15) is 6.29 Å². The van der Waals surface area contributed by atoms with Crippen molar-refractivity contribution in [3.05, 3.63) is 0 Å². The molecule has 0 amide bonds. The van der Waals surface area contributed by atoms with Gasteiger partial charge < -0.3 is 4.79 Å². The first-order chi connectivity index (χ1) is 5.43. The third-order valence-electron chi connectivity index (χ3n) is 3.04. The van der Waals surface area contributed by atoms with Crippen molar-refractivity contribution in [3.63, 3.8) is 0 Å². The van der Waals surface area contributed by atoms with E-state index >= 15 is 0 Å². The first kappa shape index (κ1) is 9.90. The number of carbonyl (C=O) groups is 1. The number of rotatable bonds is 4. The lowest BCUT2D eigenvalue weighted by molar-refractivity contribution is -0.113.